The largest absolute Gasteiger partial charge is 0.233 e. The van der Waals surface area contributed by atoms with Crippen LogP contribution in [0.25, 0.3) is 0 Å². The molecular formula is C17H36O4. The first kappa shape index (κ1) is 20.8. The summed E-state index contributed by atoms with van der Waals surface area (Å²) in [6.45, 7) is 16.4. The molecule has 0 radical (unpaired) electrons. The quantitative estimate of drug-likeness (QED) is 0.269. The Kier molecular flexibility index (Phi) is 9.02. The van der Waals surface area contributed by atoms with Crippen molar-refractivity contribution >= 4 is 0 Å². The molecule has 0 atom stereocenters. The minimum Gasteiger partial charge on any atom is -0.228 e. The standard InChI is InChI=1S/C17H36O4/c1-9-13-15(5,6)18-20-17(11-3,12-4)21-19-16(7,8)14-10-2/h9-14H2,1-8H3. The average molecular weight is 304 g/mol. The van der Waals surface area contributed by atoms with Gasteiger partial charge in [0, 0.05) is 12.8 Å². The first-order valence-corrected chi connectivity index (χ1v) is 8.39. The molecule has 0 saturated heterocycles. The van der Waals surface area contributed by atoms with Gasteiger partial charge in [0.1, 0.15) is 0 Å². The molecule has 0 amide bonds. The zero-order valence-electron chi connectivity index (χ0n) is 15.4. The Balaban J connectivity index is 4.62. The van der Waals surface area contributed by atoms with Gasteiger partial charge in [-0.1, -0.05) is 40.5 Å². The topological polar surface area (TPSA) is 36.9 Å². The minimum absolute atomic E-state index is 0.327. The summed E-state index contributed by atoms with van der Waals surface area (Å²) in [5.41, 5.74) is -0.653. The molecule has 0 aliphatic heterocycles. The zero-order chi connectivity index (χ0) is 16.6. The SMILES string of the molecule is CCCC(C)(C)OOC(CC)(CC)OOC(C)(C)CCC. The molecule has 0 spiro atoms. The van der Waals surface area contributed by atoms with E-state index in [0.29, 0.717) is 12.8 Å². The van der Waals surface area contributed by atoms with Crippen molar-refractivity contribution in [1.82, 2.24) is 0 Å². The van der Waals surface area contributed by atoms with E-state index in [1.165, 1.54) is 0 Å². The van der Waals surface area contributed by atoms with E-state index in [2.05, 4.69) is 13.8 Å². The Labute approximate surface area is 131 Å². The van der Waals surface area contributed by atoms with Crippen molar-refractivity contribution in [3.05, 3.63) is 0 Å². The minimum atomic E-state index is -0.851. The lowest BCUT2D eigenvalue weighted by Crippen LogP contribution is -2.41. The van der Waals surface area contributed by atoms with Crippen molar-refractivity contribution in [1.29, 1.82) is 0 Å². The molecule has 4 nitrogen and oxygen atoms in total. The van der Waals surface area contributed by atoms with E-state index in [1.807, 2.05) is 41.5 Å². The van der Waals surface area contributed by atoms with Crippen LogP contribution < -0.4 is 0 Å². The fourth-order valence-corrected chi connectivity index (χ4v) is 2.16. The third kappa shape index (κ3) is 8.15. The smallest absolute Gasteiger partial charge is 0.228 e. The molecule has 4 heteroatoms. The van der Waals surface area contributed by atoms with Crippen LogP contribution in [-0.2, 0) is 19.6 Å². The molecule has 0 aromatic carbocycles. The van der Waals surface area contributed by atoms with Gasteiger partial charge in [-0.3, -0.25) is 0 Å². The summed E-state index contributed by atoms with van der Waals surface area (Å²) in [6, 6.07) is 0. The van der Waals surface area contributed by atoms with Crippen LogP contribution >= 0.6 is 0 Å². The fourth-order valence-electron chi connectivity index (χ4n) is 2.16. The summed E-state index contributed by atoms with van der Waals surface area (Å²) in [4.78, 5) is 22.6. The van der Waals surface area contributed by atoms with Gasteiger partial charge in [-0.05, 0) is 40.5 Å². The molecule has 0 bridgehead atoms. The van der Waals surface area contributed by atoms with Crippen molar-refractivity contribution in [3.8, 4) is 0 Å². The maximum Gasteiger partial charge on any atom is 0.233 e. The normalized spacial score (nSPS) is 13.7. The van der Waals surface area contributed by atoms with Crippen LogP contribution in [0.1, 0.15) is 93.9 Å². The van der Waals surface area contributed by atoms with E-state index >= 15 is 0 Å². The van der Waals surface area contributed by atoms with Gasteiger partial charge >= 0.3 is 0 Å². The van der Waals surface area contributed by atoms with Gasteiger partial charge in [0.05, 0.1) is 11.2 Å². The Bertz CT molecular complexity index is 246. The predicted molar refractivity (Wildman–Crippen MR) is 85.6 cm³/mol. The van der Waals surface area contributed by atoms with E-state index in [4.69, 9.17) is 19.6 Å². The molecule has 0 rings (SSSR count). The van der Waals surface area contributed by atoms with Crippen molar-refractivity contribution in [2.24, 2.45) is 0 Å². The van der Waals surface area contributed by atoms with E-state index in [-0.39, 0.29) is 11.2 Å². The Hall–Kier alpha value is -0.160. The molecule has 21 heavy (non-hydrogen) atoms. The molecule has 0 aromatic rings. The molecule has 128 valence electrons. The highest BCUT2D eigenvalue weighted by molar-refractivity contribution is 4.69. The van der Waals surface area contributed by atoms with Crippen LogP contribution in [-0.4, -0.2) is 17.0 Å². The number of rotatable bonds is 12. The summed E-state index contributed by atoms with van der Waals surface area (Å²) in [7, 11) is 0. The van der Waals surface area contributed by atoms with E-state index in [0.717, 1.165) is 25.7 Å². The Morgan fingerprint density at radius 2 is 0.905 bits per heavy atom. The van der Waals surface area contributed by atoms with E-state index in [9.17, 15) is 0 Å². The number of hydrogen-bond acceptors (Lipinski definition) is 4. The molecule has 0 heterocycles. The van der Waals surface area contributed by atoms with Crippen molar-refractivity contribution < 1.29 is 19.6 Å². The van der Waals surface area contributed by atoms with Gasteiger partial charge in [-0.15, -0.1) is 0 Å². The highest BCUT2D eigenvalue weighted by atomic mass is 17.3. The number of hydrogen-bond donors (Lipinski definition) is 0. The molecule has 0 fully saturated rings. The molecule has 0 N–H and O–H groups in total. The molecule has 0 aromatic heterocycles. The van der Waals surface area contributed by atoms with Crippen molar-refractivity contribution in [2.45, 2.75) is 111 Å². The van der Waals surface area contributed by atoms with Crippen LogP contribution in [0, 0.1) is 0 Å². The second kappa shape index (κ2) is 9.09. The van der Waals surface area contributed by atoms with Gasteiger partial charge in [-0.25, -0.2) is 9.78 Å². The third-order valence-electron chi connectivity index (χ3n) is 3.62. The molecular weight excluding hydrogens is 268 g/mol. The van der Waals surface area contributed by atoms with Crippen LogP contribution in [0.5, 0.6) is 0 Å². The summed E-state index contributed by atoms with van der Waals surface area (Å²) in [6.07, 6.45) is 5.27. The fraction of sp³-hybridized carbons (Fsp3) is 1.00. The van der Waals surface area contributed by atoms with E-state index in [1.54, 1.807) is 0 Å². The van der Waals surface area contributed by atoms with Gasteiger partial charge in [0.25, 0.3) is 0 Å². The highest BCUT2D eigenvalue weighted by Gasteiger charge is 2.36. The van der Waals surface area contributed by atoms with Crippen LogP contribution in [0.4, 0.5) is 0 Å². The predicted octanol–water partition coefficient (Wildman–Crippen LogP) is 5.56. The van der Waals surface area contributed by atoms with Crippen LogP contribution in [0.2, 0.25) is 0 Å². The van der Waals surface area contributed by atoms with Crippen molar-refractivity contribution in [3.63, 3.8) is 0 Å². The highest BCUT2D eigenvalue weighted by Crippen LogP contribution is 2.30. The van der Waals surface area contributed by atoms with Gasteiger partial charge in [0.15, 0.2) is 0 Å². The summed E-state index contributed by atoms with van der Waals surface area (Å²) in [5.74, 6) is -0.851. The van der Waals surface area contributed by atoms with E-state index < -0.39 is 5.79 Å². The molecule has 0 saturated carbocycles. The Morgan fingerprint density at radius 1 is 0.571 bits per heavy atom. The zero-order valence-corrected chi connectivity index (χ0v) is 15.4. The monoisotopic (exact) mass is 304 g/mol. The summed E-state index contributed by atoms with van der Waals surface area (Å²) in [5, 5.41) is 0. The second-order valence-corrected chi connectivity index (χ2v) is 6.97. The third-order valence-corrected chi connectivity index (χ3v) is 3.62. The van der Waals surface area contributed by atoms with Gasteiger partial charge < -0.3 is 0 Å². The lowest BCUT2D eigenvalue weighted by atomic mass is 10.0. The van der Waals surface area contributed by atoms with Crippen LogP contribution in [0.3, 0.4) is 0 Å². The molecule has 0 unspecified atom stereocenters. The lowest BCUT2D eigenvalue weighted by molar-refractivity contribution is -0.544. The van der Waals surface area contributed by atoms with Gasteiger partial charge in [-0.2, -0.15) is 9.78 Å². The summed E-state index contributed by atoms with van der Waals surface area (Å²) >= 11 is 0. The first-order valence-electron chi connectivity index (χ1n) is 8.39. The maximum absolute atomic E-state index is 5.67. The molecule has 0 aliphatic carbocycles. The Morgan fingerprint density at radius 3 is 1.14 bits per heavy atom. The van der Waals surface area contributed by atoms with Crippen LogP contribution in [0.15, 0.2) is 0 Å². The van der Waals surface area contributed by atoms with Gasteiger partial charge in [0.2, 0.25) is 5.79 Å². The first-order chi connectivity index (χ1) is 9.66. The summed E-state index contributed by atoms with van der Waals surface area (Å²) < 4.78 is 0. The second-order valence-electron chi connectivity index (χ2n) is 6.97. The lowest BCUT2D eigenvalue weighted by Gasteiger charge is -2.35. The van der Waals surface area contributed by atoms with Crippen molar-refractivity contribution in [2.75, 3.05) is 0 Å². The maximum atomic E-state index is 5.67. The molecule has 0 aliphatic rings. The average Bonchev–Trinajstić information content (AvgIpc) is 2.40.